The number of aromatic nitrogens is 4. The first-order chi connectivity index (χ1) is 13.1. The van der Waals surface area contributed by atoms with Gasteiger partial charge in [-0.25, -0.2) is 0 Å². The van der Waals surface area contributed by atoms with Crippen molar-refractivity contribution in [3.8, 4) is 0 Å². The van der Waals surface area contributed by atoms with E-state index < -0.39 is 0 Å². The van der Waals surface area contributed by atoms with Crippen molar-refractivity contribution in [2.45, 2.75) is 37.8 Å². The summed E-state index contributed by atoms with van der Waals surface area (Å²) in [5.74, 6) is 3.33. The Morgan fingerprint density at radius 1 is 1.22 bits per heavy atom. The molecule has 0 aromatic carbocycles. The average molecular weight is 371 g/mol. The molecular formula is C19H29N7O. The predicted octanol–water partition coefficient (Wildman–Crippen LogP) is 1.51. The molecule has 8 nitrogen and oxygen atoms in total. The summed E-state index contributed by atoms with van der Waals surface area (Å²) in [6, 6.07) is 0.495. The molecule has 0 radical (unpaired) electrons. The summed E-state index contributed by atoms with van der Waals surface area (Å²) in [6.07, 6.45) is 7.14. The fourth-order valence-corrected chi connectivity index (χ4v) is 4.91. The van der Waals surface area contributed by atoms with E-state index >= 15 is 0 Å². The molecule has 1 aliphatic heterocycles. The van der Waals surface area contributed by atoms with E-state index in [1.54, 1.807) is 6.20 Å². The van der Waals surface area contributed by atoms with E-state index in [9.17, 15) is 0 Å². The summed E-state index contributed by atoms with van der Waals surface area (Å²) in [7, 11) is 4.37. The molecule has 3 fully saturated rings. The summed E-state index contributed by atoms with van der Waals surface area (Å²) in [5.41, 5.74) is 6.64. The zero-order valence-corrected chi connectivity index (χ0v) is 16.1. The maximum absolute atomic E-state index is 6.39. The molecule has 4 atom stereocenters. The number of ether oxygens (including phenoxy) is 1. The summed E-state index contributed by atoms with van der Waals surface area (Å²) in [4.78, 5) is 13.5. The van der Waals surface area contributed by atoms with Gasteiger partial charge in [-0.3, -0.25) is 5.10 Å². The van der Waals surface area contributed by atoms with E-state index in [-0.39, 0.29) is 0 Å². The first-order valence-electron chi connectivity index (χ1n) is 10.1. The van der Waals surface area contributed by atoms with Crippen LogP contribution in [0.4, 0.5) is 11.8 Å². The highest BCUT2D eigenvalue weighted by Crippen LogP contribution is 2.42. The van der Waals surface area contributed by atoms with Gasteiger partial charge < -0.3 is 20.3 Å². The Balaban J connectivity index is 1.36. The monoisotopic (exact) mass is 371 g/mol. The third kappa shape index (κ3) is 3.25. The van der Waals surface area contributed by atoms with Crippen LogP contribution >= 0.6 is 0 Å². The number of likely N-dealkylation sites (N-methyl/N-ethyl adjacent to an activating group) is 1. The molecule has 0 amide bonds. The maximum Gasteiger partial charge on any atom is 0.224 e. The number of anilines is 2. The number of nitrogens with one attached hydrogen (secondary N) is 1. The van der Waals surface area contributed by atoms with Crippen molar-refractivity contribution in [1.29, 1.82) is 0 Å². The quantitative estimate of drug-likeness (QED) is 0.822. The number of nitrogen functional groups attached to an aromatic ring is 1. The van der Waals surface area contributed by atoms with Gasteiger partial charge in [0.1, 0.15) is 5.82 Å². The minimum absolute atomic E-state index is 0.299. The Bertz CT molecular complexity index is 817. The molecule has 0 unspecified atom stereocenters. The minimum Gasteiger partial charge on any atom is -0.376 e. The van der Waals surface area contributed by atoms with E-state index in [2.05, 4.69) is 44.1 Å². The summed E-state index contributed by atoms with van der Waals surface area (Å²) < 4.78 is 6.39. The lowest BCUT2D eigenvalue weighted by molar-refractivity contribution is -0.0493. The molecule has 2 aliphatic carbocycles. The van der Waals surface area contributed by atoms with Crippen LogP contribution in [0.25, 0.3) is 11.0 Å². The van der Waals surface area contributed by atoms with Crippen LogP contribution in [0.1, 0.15) is 25.7 Å². The third-order valence-electron chi connectivity index (χ3n) is 6.60. The van der Waals surface area contributed by atoms with Gasteiger partial charge in [0, 0.05) is 25.7 Å². The van der Waals surface area contributed by atoms with Crippen LogP contribution in [0.2, 0.25) is 0 Å². The summed E-state index contributed by atoms with van der Waals surface area (Å²) in [6.45, 7) is 2.96. The van der Waals surface area contributed by atoms with E-state index in [4.69, 9.17) is 10.5 Å². The number of hydrogen-bond donors (Lipinski definition) is 2. The molecule has 1 saturated heterocycles. The highest BCUT2D eigenvalue weighted by atomic mass is 16.5. The molecule has 2 aromatic heterocycles. The van der Waals surface area contributed by atoms with Crippen LogP contribution in [0, 0.1) is 17.8 Å². The lowest BCUT2D eigenvalue weighted by Crippen LogP contribution is -2.48. The smallest absolute Gasteiger partial charge is 0.224 e. The van der Waals surface area contributed by atoms with Crippen molar-refractivity contribution in [2.75, 3.05) is 44.4 Å². The van der Waals surface area contributed by atoms with E-state index in [1.165, 1.54) is 19.3 Å². The van der Waals surface area contributed by atoms with Gasteiger partial charge in [-0.15, -0.1) is 0 Å². The zero-order valence-electron chi connectivity index (χ0n) is 16.1. The van der Waals surface area contributed by atoms with Gasteiger partial charge in [0.2, 0.25) is 5.95 Å². The lowest BCUT2D eigenvalue weighted by Gasteiger charge is -2.41. The molecule has 3 aliphatic rings. The number of nitrogens with zero attached hydrogens (tertiary/aromatic N) is 5. The number of H-pyrrole nitrogens is 1. The number of fused-ring (bicyclic) bond motifs is 2. The van der Waals surface area contributed by atoms with Gasteiger partial charge in [-0.05, 0) is 57.5 Å². The Morgan fingerprint density at radius 2 is 2.00 bits per heavy atom. The fraction of sp³-hybridized carbons (Fsp3) is 0.737. The summed E-state index contributed by atoms with van der Waals surface area (Å²) in [5, 5.41) is 7.99. The van der Waals surface area contributed by atoms with E-state index in [0.717, 1.165) is 43.2 Å². The van der Waals surface area contributed by atoms with Crippen molar-refractivity contribution < 1.29 is 4.74 Å². The molecule has 2 aromatic rings. The van der Waals surface area contributed by atoms with Gasteiger partial charge in [0.05, 0.1) is 17.7 Å². The Hall–Kier alpha value is -1.93. The van der Waals surface area contributed by atoms with Crippen LogP contribution in [-0.2, 0) is 4.74 Å². The van der Waals surface area contributed by atoms with Crippen molar-refractivity contribution in [1.82, 2.24) is 25.1 Å². The summed E-state index contributed by atoms with van der Waals surface area (Å²) >= 11 is 0. The molecule has 146 valence electrons. The van der Waals surface area contributed by atoms with Crippen molar-refractivity contribution in [2.24, 2.45) is 17.8 Å². The molecule has 5 rings (SSSR count). The number of aromatic amines is 1. The second-order valence-corrected chi connectivity index (χ2v) is 8.78. The van der Waals surface area contributed by atoms with E-state index in [1.807, 2.05) is 0 Å². The first kappa shape index (κ1) is 17.2. The highest BCUT2D eigenvalue weighted by Gasteiger charge is 2.44. The van der Waals surface area contributed by atoms with Gasteiger partial charge >= 0.3 is 0 Å². The van der Waals surface area contributed by atoms with Crippen LogP contribution < -0.4 is 10.6 Å². The van der Waals surface area contributed by atoms with Crippen molar-refractivity contribution in [3.05, 3.63) is 6.20 Å². The number of nitrogens with two attached hydrogens (primary N) is 1. The molecule has 3 heterocycles. The standard InChI is InChI=1S/C19H29N7O/c1-25(2)15-5-12-8-26(9-13(12)6-16(15)27-10-11-3-4-11)18-14-7-21-24-17(14)22-19(20)23-18/h7,11-13,15-16H,3-6,8-10H2,1-2H3,(H3,20,21,22,23,24)/t12-,13+,15-,16-/m1/s1. The maximum atomic E-state index is 6.39. The van der Waals surface area contributed by atoms with Gasteiger partial charge in [0.25, 0.3) is 0 Å². The molecule has 27 heavy (non-hydrogen) atoms. The van der Waals surface area contributed by atoms with Crippen molar-refractivity contribution >= 4 is 22.8 Å². The lowest BCUT2D eigenvalue weighted by atomic mass is 9.77. The van der Waals surface area contributed by atoms with Crippen LogP contribution in [0.5, 0.6) is 0 Å². The van der Waals surface area contributed by atoms with E-state index in [0.29, 0.717) is 35.6 Å². The topological polar surface area (TPSA) is 96.2 Å². The second kappa shape index (κ2) is 6.60. The first-order valence-corrected chi connectivity index (χ1v) is 10.1. The number of rotatable bonds is 5. The molecule has 8 heteroatoms. The Labute approximate surface area is 159 Å². The third-order valence-corrected chi connectivity index (χ3v) is 6.60. The van der Waals surface area contributed by atoms with Crippen LogP contribution in [0.3, 0.4) is 0 Å². The molecule has 0 spiro atoms. The highest BCUT2D eigenvalue weighted by molar-refractivity contribution is 5.87. The fourth-order valence-electron chi connectivity index (χ4n) is 4.91. The van der Waals surface area contributed by atoms with Crippen LogP contribution in [-0.4, -0.2) is 71.0 Å². The van der Waals surface area contributed by atoms with Crippen molar-refractivity contribution in [3.63, 3.8) is 0 Å². The molecule has 2 saturated carbocycles. The SMILES string of the molecule is CN(C)[C@@H]1C[C@@H]2CN(c3nc(N)nc4[nH]ncc34)C[C@@H]2C[C@H]1OCC1CC1. The Kier molecular flexibility index (Phi) is 4.20. The zero-order chi connectivity index (χ0) is 18.5. The van der Waals surface area contributed by atoms with Gasteiger partial charge in [0.15, 0.2) is 5.65 Å². The van der Waals surface area contributed by atoms with Gasteiger partial charge in [-0.1, -0.05) is 0 Å². The van der Waals surface area contributed by atoms with Crippen LogP contribution in [0.15, 0.2) is 6.20 Å². The second-order valence-electron chi connectivity index (χ2n) is 8.78. The molecule has 0 bridgehead atoms. The number of hydrogen-bond acceptors (Lipinski definition) is 7. The minimum atomic E-state index is 0.299. The predicted molar refractivity (Wildman–Crippen MR) is 104 cm³/mol. The Morgan fingerprint density at radius 3 is 2.74 bits per heavy atom. The largest absolute Gasteiger partial charge is 0.376 e. The normalized spacial score (nSPS) is 31.0. The average Bonchev–Trinajstić information content (AvgIpc) is 3.19. The molecular weight excluding hydrogens is 342 g/mol. The molecule has 3 N–H and O–H groups in total. The van der Waals surface area contributed by atoms with Gasteiger partial charge in [-0.2, -0.15) is 15.1 Å².